The molecule has 0 saturated carbocycles. The topological polar surface area (TPSA) is 65.4 Å². The number of nitrogens with zero attached hydrogens (tertiary/aromatic N) is 2. The van der Waals surface area contributed by atoms with E-state index in [1.165, 1.54) is 11.3 Å². The standard InChI is InChI=1S/C19H19N3O3S/c1-13(11-22-7-6-20-12-22)21-19(23)18-5-4-17(26-18)14-2-3-15-16(10-14)25-9-8-24-15/h2-7,10,12-13H,8-9,11H2,1H3,(H,21,23). The monoisotopic (exact) mass is 369 g/mol. The van der Waals surface area contributed by atoms with Crippen molar-refractivity contribution in [2.45, 2.75) is 19.5 Å². The minimum absolute atomic E-state index is 0.0107. The van der Waals surface area contributed by atoms with Crippen LogP contribution in [0.1, 0.15) is 16.6 Å². The molecule has 26 heavy (non-hydrogen) atoms. The van der Waals surface area contributed by atoms with Gasteiger partial charge >= 0.3 is 0 Å². The summed E-state index contributed by atoms with van der Waals surface area (Å²) in [4.78, 5) is 18.2. The predicted molar refractivity (Wildman–Crippen MR) is 99.9 cm³/mol. The molecule has 3 heterocycles. The Labute approximate surface area is 155 Å². The number of hydrogen-bond acceptors (Lipinski definition) is 5. The van der Waals surface area contributed by atoms with Gasteiger partial charge in [-0.15, -0.1) is 11.3 Å². The van der Waals surface area contributed by atoms with E-state index in [0.717, 1.165) is 21.9 Å². The number of amides is 1. The summed E-state index contributed by atoms with van der Waals surface area (Å²) in [6.45, 7) is 3.80. The lowest BCUT2D eigenvalue weighted by atomic mass is 10.1. The SMILES string of the molecule is CC(Cn1ccnc1)NC(=O)c1ccc(-c2ccc3c(c2)OCCO3)s1. The normalized spacial score (nSPS) is 14.0. The van der Waals surface area contributed by atoms with E-state index in [1.807, 2.05) is 48.0 Å². The average molecular weight is 369 g/mol. The van der Waals surface area contributed by atoms with Crippen LogP contribution in [0.3, 0.4) is 0 Å². The van der Waals surface area contributed by atoms with Gasteiger partial charge in [0.25, 0.3) is 5.91 Å². The molecule has 4 rings (SSSR count). The number of fused-ring (bicyclic) bond motifs is 1. The number of carbonyl (C=O) groups is 1. The third kappa shape index (κ3) is 3.57. The van der Waals surface area contributed by atoms with Crippen molar-refractivity contribution in [3.63, 3.8) is 0 Å². The van der Waals surface area contributed by atoms with Gasteiger partial charge in [-0.1, -0.05) is 0 Å². The minimum Gasteiger partial charge on any atom is -0.486 e. The predicted octanol–water partition coefficient (Wildman–Crippen LogP) is 3.20. The highest BCUT2D eigenvalue weighted by Gasteiger charge is 2.16. The lowest BCUT2D eigenvalue weighted by Crippen LogP contribution is -2.35. The first-order valence-corrected chi connectivity index (χ1v) is 9.27. The van der Waals surface area contributed by atoms with Crippen molar-refractivity contribution < 1.29 is 14.3 Å². The highest BCUT2D eigenvalue weighted by molar-refractivity contribution is 7.17. The molecule has 0 spiro atoms. The van der Waals surface area contributed by atoms with Crippen LogP contribution >= 0.6 is 11.3 Å². The van der Waals surface area contributed by atoms with Crippen LogP contribution in [0.2, 0.25) is 0 Å². The van der Waals surface area contributed by atoms with E-state index in [0.29, 0.717) is 24.6 Å². The fourth-order valence-electron chi connectivity index (χ4n) is 2.86. The summed E-state index contributed by atoms with van der Waals surface area (Å²) >= 11 is 1.47. The molecule has 1 aromatic carbocycles. The van der Waals surface area contributed by atoms with Gasteiger partial charge in [-0.2, -0.15) is 0 Å². The molecule has 6 nitrogen and oxygen atoms in total. The van der Waals surface area contributed by atoms with Crippen LogP contribution in [-0.2, 0) is 6.54 Å². The fraction of sp³-hybridized carbons (Fsp3) is 0.263. The number of rotatable bonds is 5. The van der Waals surface area contributed by atoms with Crippen LogP contribution in [0.4, 0.5) is 0 Å². The highest BCUT2D eigenvalue weighted by atomic mass is 32.1. The maximum atomic E-state index is 12.5. The van der Waals surface area contributed by atoms with E-state index < -0.39 is 0 Å². The summed E-state index contributed by atoms with van der Waals surface area (Å²) in [5, 5.41) is 3.03. The summed E-state index contributed by atoms with van der Waals surface area (Å²) < 4.78 is 13.1. The zero-order chi connectivity index (χ0) is 17.9. The van der Waals surface area contributed by atoms with Crippen LogP contribution < -0.4 is 14.8 Å². The van der Waals surface area contributed by atoms with Crippen molar-refractivity contribution in [3.8, 4) is 21.9 Å². The first-order chi connectivity index (χ1) is 12.7. The summed E-state index contributed by atoms with van der Waals surface area (Å²) in [5.41, 5.74) is 1.02. The van der Waals surface area contributed by atoms with E-state index in [1.54, 1.807) is 12.5 Å². The third-order valence-corrected chi connectivity index (χ3v) is 5.21. The zero-order valence-corrected chi connectivity index (χ0v) is 15.2. The van der Waals surface area contributed by atoms with Gasteiger partial charge in [-0.05, 0) is 42.8 Å². The van der Waals surface area contributed by atoms with E-state index >= 15 is 0 Å². The van der Waals surface area contributed by atoms with Gasteiger partial charge in [0, 0.05) is 29.9 Å². The molecule has 1 aliphatic rings. The zero-order valence-electron chi connectivity index (χ0n) is 14.3. The Balaban J connectivity index is 1.44. The summed E-state index contributed by atoms with van der Waals surface area (Å²) in [5.74, 6) is 1.45. The maximum Gasteiger partial charge on any atom is 0.261 e. The molecule has 0 aliphatic carbocycles. The molecule has 134 valence electrons. The first-order valence-electron chi connectivity index (χ1n) is 8.45. The molecular weight excluding hydrogens is 350 g/mol. The van der Waals surface area contributed by atoms with Crippen LogP contribution in [0, 0.1) is 0 Å². The average Bonchev–Trinajstić information content (AvgIpc) is 3.33. The fourth-order valence-corrected chi connectivity index (χ4v) is 3.77. The minimum atomic E-state index is -0.0635. The molecule has 3 aromatic rings. The van der Waals surface area contributed by atoms with Gasteiger partial charge in [-0.25, -0.2) is 4.98 Å². The Bertz CT molecular complexity index is 905. The molecule has 0 fully saturated rings. The Morgan fingerprint density at radius 1 is 1.27 bits per heavy atom. The van der Waals surface area contributed by atoms with Crippen LogP contribution in [-0.4, -0.2) is 34.7 Å². The number of carbonyl (C=O) groups excluding carboxylic acids is 1. The van der Waals surface area contributed by atoms with E-state index in [-0.39, 0.29) is 11.9 Å². The smallest absolute Gasteiger partial charge is 0.261 e. The second-order valence-electron chi connectivity index (χ2n) is 6.16. The molecule has 7 heteroatoms. The molecule has 0 radical (unpaired) electrons. The number of benzene rings is 1. The van der Waals surface area contributed by atoms with Crippen molar-refractivity contribution in [2.24, 2.45) is 0 Å². The summed E-state index contributed by atoms with van der Waals surface area (Å²) in [6, 6.07) is 9.70. The van der Waals surface area contributed by atoms with Gasteiger partial charge in [-0.3, -0.25) is 4.79 Å². The van der Waals surface area contributed by atoms with Crippen LogP contribution in [0.25, 0.3) is 10.4 Å². The summed E-state index contributed by atoms with van der Waals surface area (Å²) in [7, 11) is 0. The lowest BCUT2D eigenvalue weighted by Gasteiger charge is -2.18. The number of nitrogens with one attached hydrogen (secondary N) is 1. The molecular formula is C19H19N3O3S. The Kier molecular flexibility index (Phi) is 4.62. The van der Waals surface area contributed by atoms with Crippen molar-refractivity contribution in [3.05, 3.63) is 53.9 Å². The Hall–Kier alpha value is -2.80. The molecule has 0 bridgehead atoms. The lowest BCUT2D eigenvalue weighted by molar-refractivity contribution is 0.0941. The Morgan fingerprint density at radius 2 is 2.12 bits per heavy atom. The summed E-state index contributed by atoms with van der Waals surface area (Å²) in [6.07, 6.45) is 5.36. The largest absolute Gasteiger partial charge is 0.486 e. The second kappa shape index (κ2) is 7.21. The number of hydrogen-bond donors (Lipinski definition) is 1. The van der Waals surface area contributed by atoms with Crippen molar-refractivity contribution >= 4 is 17.2 Å². The van der Waals surface area contributed by atoms with Gasteiger partial charge in [0.1, 0.15) is 13.2 Å². The van der Waals surface area contributed by atoms with Gasteiger partial charge in [0.2, 0.25) is 0 Å². The van der Waals surface area contributed by atoms with Gasteiger partial charge in [0.15, 0.2) is 11.5 Å². The molecule has 1 unspecified atom stereocenters. The maximum absolute atomic E-state index is 12.5. The van der Waals surface area contributed by atoms with Crippen molar-refractivity contribution in [1.29, 1.82) is 0 Å². The van der Waals surface area contributed by atoms with Crippen molar-refractivity contribution in [2.75, 3.05) is 13.2 Å². The van der Waals surface area contributed by atoms with E-state index in [9.17, 15) is 4.79 Å². The van der Waals surface area contributed by atoms with Crippen LogP contribution in [0.15, 0.2) is 49.1 Å². The van der Waals surface area contributed by atoms with Crippen LogP contribution in [0.5, 0.6) is 11.5 Å². The van der Waals surface area contributed by atoms with Gasteiger partial charge < -0.3 is 19.4 Å². The van der Waals surface area contributed by atoms with E-state index in [2.05, 4.69) is 10.3 Å². The van der Waals surface area contributed by atoms with E-state index in [4.69, 9.17) is 9.47 Å². The number of ether oxygens (including phenoxy) is 2. The molecule has 1 aliphatic heterocycles. The molecule has 2 aromatic heterocycles. The number of aromatic nitrogens is 2. The third-order valence-electron chi connectivity index (χ3n) is 4.08. The molecule has 1 atom stereocenters. The van der Waals surface area contributed by atoms with Gasteiger partial charge in [0.05, 0.1) is 11.2 Å². The van der Waals surface area contributed by atoms with Crippen molar-refractivity contribution in [1.82, 2.24) is 14.9 Å². The Morgan fingerprint density at radius 3 is 2.92 bits per heavy atom. The highest BCUT2D eigenvalue weighted by Crippen LogP contribution is 2.36. The quantitative estimate of drug-likeness (QED) is 0.750. The molecule has 1 N–H and O–H groups in total. The molecule has 0 saturated heterocycles. The second-order valence-corrected chi connectivity index (χ2v) is 7.24. The number of thiophene rings is 1. The number of imidazole rings is 1. The molecule has 1 amide bonds. The first kappa shape index (κ1) is 16.7.